The van der Waals surface area contributed by atoms with Crippen molar-refractivity contribution >= 4 is 0 Å². The van der Waals surface area contributed by atoms with Crippen LogP contribution >= 0.6 is 0 Å². The molecule has 0 saturated heterocycles. The summed E-state index contributed by atoms with van der Waals surface area (Å²) in [7, 11) is 0. The molecule has 0 aliphatic rings. The maximum atomic E-state index is 13.1. The Morgan fingerprint density at radius 2 is 2.00 bits per heavy atom. The highest BCUT2D eigenvalue weighted by Crippen LogP contribution is 2.21. The molecule has 1 aromatic rings. The van der Waals surface area contributed by atoms with E-state index in [2.05, 4.69) is 5.32 Å². The predicted octanol–water partition coefficient (Wildman–Crippen LogP) is 1.75. The minimum absolute atomic E-state index is 0.0741. The van der Waals surface area contributed by atoms with Gasteiger partial charge in [-0.2, -0.15) is 0 Å². The molecule has 102 valence electrons. The van der Waals surface area contributed by atoms with Crippen molar-refractivity contribution in [3.8, 4) is 0 Å². The molecule has 0 aliphatic carbocycles. The van der Waals surface area contributed by atoms with Crippen LogP contribution in [0.5, 0.6) is 0 Å². The van der Waals surface area contributed by atoms with E-state index in [1.54, 1.807) is 0 Å². The summed E-state index contributed by atoms with van der Waals surface area (Å²) in [5.41, 5.74) is 0.345. The van der Waals surface area contributed by atoms with Crippen molar-refractivity contribution in [2.45, 2.75) is 31.9 Å². The van der Waals surface area contributed by atoms with Crippen LogP contribution < -0.4 is 5.32 Å². The minimum Gasteiger partial charge on any atom is -0.396 e. The van der Waals surface area contributed by atoms with E-state index >= 15 is 0 Å². The summed E-state index contributed by atoms with van der Waals surface area (Å²) in [6.07, 6.45) is 0.329. The average Bonchev–Trinajstić information content (AvgIpc) is 2.37. The molecule has 2 atom stereocenters. The second-order valence-corrected chi connectivity index (χ2v) is 4.16. The van der Waals surface area contributed by atoms with E-state index in [4.69, 9.17) is 5.11 Å². The molecule has 0 aromatic heterocycles. The number of nitrogens with one attached hydrogen (secondary N) is 1. The molecular formula is C13H19F2NO2. The molecule has 0 radical (unpaired) electrons. The number of hydrogen-bond donors (Lipinski definition) is 3. The normalized spacial score (nSPS) is 14.5. The Labute approximate surface area is 105 Å². The molecular weight excluding hydrogens is 240 g/mol. The van der Waals surface area contributed by atoms with Gasteiger partial charge in [0.05, 0.1) is 6.10 Å². The summed E-state index contributed by atoms with van der Waals surface area (Å²) in [6, 6.07) is 3.14. The lowest BCUT2D eigenvalue weighted by Gasteiger charge is -2.23. The van der Waals surface area contributed by atoms with Crippen LogP contribution in [0, 0.1) is 11.6 Å². The first-order valence-corrected chi connectivity index (χ1v) is 6.07. The van der Waals surface area contributed by atoms with Crippen molar-refractivity contribution < 1.29 is 19.0 Å². The fourth-order valence-electron chi connectivity index (χ4n) is 1.77. The minimum atomic E-state index is -0.961. The number of rotatable bonds is 7. The number of halogens is 2. The van der Waals surface area contributed by atoms with E-state index < -0.39 is 17.7 Å². The topological polar surface area (TPSA) is 52.5 Å². The second kappa shape index (κ2) is 7.41. The highest BCUT2D eigenvalue weighted by molar-refractivity contribution is 5.21. The summed E-state index contributed by atoms with van der Waals surface area (Å²) >= 11 is 0. The van der Waals surface area contributed by atoms with Crippen LogP contribution in [0.25, 0.3) is 0 Å². The smallest absolute Gasteiger partial charge is 0.159 e. The van der Waals surface area contributed by atoms with E-state index in [1.807, 2.05) is 6.92 Å². The average molecular weight is 259 g/mol. The first kappa shape index (κ1) is 15.0. The van der Waals surface area contributed by atoms with Crippen LogP contribution in [0.2, 0.25) is 0 Å². The van der Waals surface area contributed by atoms with Crippen molar-refractivity contribution in [2.24, 2.45) is 0 Å². The molecule has 0 spiro atoms. The predicted molar refractivity (Wildman–Crippen MR) is 65.1 cm³/mol. The third-order valence-corrected chi connectivity index (χ3v) is 2.85. The molecule has 3 nitrogen and oxygen atoms in total. The summed E-state index contributed by atoms with van der Waals surface area (Å²) in [5.74, 6) is -1.89. The molecule has 3 N–H and O–H groups in total. The van der Waals surface area contributed by atoms with Gasteiger partial charge in [-0.1, -0.05) is 13.0 Å². The zero-order valence-corrected chi connectivity index (χ0v) is 10.4. The van der Waals surface area contributed by atoms with Crippen LogP contribution in [-0.2, 0) is 0 Å². The fraction of sp³-hybridized carbons (Fsp3) is 0.538. The zero-order valence-electron chi connectivity index (χ0n) is 10.4. The zero-order chi connectivity index (χ0) is 13.5. The van der Waals surface area contributed by atoms with Crippen molar-refractivity contribution in [3.05, 3.63) is 35.4 Å². The Bertz CT molecular complexity index is 374. The fourth-order valence-corrected chi connectivity index (χ4v) is 1.77. The third kappa shape index (κ3) is 4.01. The lowest BCUT2D eigenvalue weighted by atomic mass is 10.00. The quantitative estimate of drug-likeness (QED) is 0.654. The molecule has 2 unspecified atom stereocenters. The lowest BCUT2D eigenvalue weighted by Crippen LogP contribution is -2.35. The summed E-state index contributed by atoms with van der Waals surface area (Å²) in [5, 5.41) is 21.8. The summed E-state index contributed by atoms with van der Waals surface area (Å²) < 4.78 is 25.9. The van der Waals surface area contributed by atoms with E-state index in [1.165, 1.54) is 6.07 Å². The van der Waals surface area contributed by atoms with Crippen LogP contribution in [0.15, 0.2) is 18.2 Å². The maximum Gasteiger partial charge on any atom is 0.159 e. The van der Waals surface area contributed by atoms with E-state index in [9.17, 15) is 13.9 Å². The summed E-state index contributed by atoms with van der Waals surface area (Å²) in [4.78, 5) is 0. The Kier molecular flexibility index (Phi) is 6.18. The van der Waals surface area contributed by atoms with Gasteiger partial charge in [0.2, 0.25) is 0 Å². The molecule has 5 heteroatoms. The number of aliphatic hydroxyl groups is 2. The first-order chi connectivity index (χ1) is 8.60. The Balaban J connectivity index is 2.69. The van der Waals surface area contributed by atoms with Gasteiger partial charge in [-0.25, -0.2) is 8.78 Å². The van der Waals surface area contributed by atoms with E-state index in [-0.39, 0.29) is 12.6 Å². The van der Waals surface area contributed by atoms with Gasteiger partial charge < -0.3 is 15.5 Å². The largest absolute Gasteiger partial charge is 0.396 e. The number of hydrogen-bond acceptors (Lipinski definition) is 3. The molecule has 0 bridgehead atoms. The Morgan fingerprint density at radius 3 is 2.56 bits per heavy atom. The van der Waals surface area contributed by atoms with Crippen molar-refractivity contribution in [1.82, 2.24) is 5.32 Å². The lowest BCUT2D eigenvalue weighted by molar-refractivity contribution is 0.124. The monoisotopic (exact) mass is 259 g/mol. The van der Waals surface area contributed by atoms with Crippen molar-refractivity contribution in [2.75, 3.05) is 13.2 Å². The highest BCUT2D eigenvalue weighted by atomic mass is 19.2. The molecule has 0 saturated carbocycles. The molecule has 0 amide bonds. The van der Waals surface area contributed by atoms with Crippen molar-refractivity contribution in [1.29, 1.82) is 0 Å². The third-order valence-electron chi connectivity index (χ3n) is 2.85. The Hall–Kier alpha value is -1.04. The summed E-state index contributed by atoms with van der Waals surface area (Å²) in [6.45, 7) is 2.53. The van der Waals surface area contributed by atoms with E-state index in [0.29, 0.717) is 24.9 Å². The number of aliphatic hydroxyl groups excluding tert-OH is 2. The first-order valence-electron chi connectivity index (χ1n) is 6.07. The van der Waals surface area contributed by atoms with Gasteiger partial charge in [-0.3, -0.25) is 0 Å². The molecule has 0 heterocycles. The molecule has 0 fully saturated rings. The van der Waals surface area contributed by atoms with Gasteiger partial charge >= 0.3 is 0 Å². The molecule has 0 aliphatic heterocycles. The number of benzene rings is 1. The SMILES string of the molecule is CCC(NCCCO)C(O)c1ccc(F)c(F)c1. The van der Waals surface area contributed by atoms with Gasteiger partial charge in [0.1, 0.15) is 0 Å². The van der Waals surface area contributed by atoms with Crippen LogP contribution in [0.1, 0.15) is 31.4 Å². The maximum absolute atomic E-state index is 13.1. The Morgan fingerprint density at radius 1 is 1.28 bits per heavy atom. The van der Waals surface area contributed by atoms with Gasteiger partial charge in [0, 0.05) is 12.6 Å². The standard InChI is InChI=1S/C13H19F2NO2/c1-2-12(16-6-3-7-17)13(18)9-4-5-10(14)11(15)8-9/h4-5,8,12-13,16-18H,2-3,6-7H2,1H3. The second-order valence-electron chi connectivity index (χ2n) is 4.16. The van der Waals surface area contributed by atoms with Crippen LogP contribution in [0.4, 0.5) is 8.78 Å². The van der Waals surface area contributed by atoms with Gasteiger partial charge in [-0.15, -0.1) is 0 Å². The van der Waals surface area contributed by atoms with Gasteiger partial charge in [0.25, 0.3) is 0 Å². The van der Waals surface area contributed by atoms with Gasteiger partial charge in [0.15, 0.2) is 11.6 Å². The molecule has 1 rings (SSSR count). The highest BCUT2D eigenvalue weighted by Gasteiger charge is 2.19. The van der Waals surface area contributed by atoms with Crippen LogP contribution in [0.3, 0.4) is 0 Å². The van der Waals surface area contributed by atoms with Gasteiger partial charge in [-0.05, 0) is 37.1 Å². The van der Waals surface area contributed by atoms with E-state index in [0.717, 1.165) is 12.1 Å². The van der Waals surface area contributed by atoms with Crippen molar-refractivity contribution in [3.63, 3.8) is 0 Å². The molecule has 18 heavy (non-hydrogen) atoms. The molecule has 1 aromatic carbocycles. The van der Waals surface area contributed by atoms with Crippen LogP contribution in [-0.4, -0.2) is 29.4 Å².